The molecule has 4 aromatic heterocycles. The SMILES string of the molecule is c1ccc(-c2ccc3c4ccccc4n(-c4nc(-c5ccccc5)nc(-c5ccc6sc7cc(-c8nc(-c9ccccc9)nc(-c9ccccc9)n8)ccc7c6c5)n4)c3c2)cc1. The van der Waals surface area contributed by atoms with Crippen LogP contribution in [-0.4, -0.2) is 34.5 Å². The molecule has 12 aromatic rings. The van der Waals surface area contributed by atoms with Crippen LogP contribution < -0.4 is 0 Å². The van der Waals surface area contributed by atoms with Gasteiger partial charge in [-0.05, 0) is 47.5 Å². The lowest BCUT2D eigenvalue weighted by atomic mass is 10.0. The Morgan fingerprint density at radius 1 is 0.274 bits per heavy atom. The molecule has 0 saturated heterocycles. The second-order valence-electron chi connectivity index (χ2n) is 15.2. The van der Waals surface area contributed by atoms with Crippen LogP contribution in [0, 0.1) is 0 Å². The molecule has 0 aliphatic heterocycles. The molecule has 290 valence electrons. The summed E-state index contributed by atoms with van der Waals surface area (Å²) in [6, 6.07) is 68.9. The van der Waals surface area contributed by atoms with Gasteiger partial charge in [0.2, 0.25) is 5.95 Å². The summed E-state index contributed by atoms with van der Waals surface area (Å²) in [5.74, 6) is 3.68. The van der Waals surface area contributed by atoms with Crippen LogP contribution in [0.2, 0.25) is 0 Å². The zero-order chi connectivity index (χ0) is 41.0. The van der Waals surface area contributed by atoms with E-state index in [1.54, 1.807) is 11.3 Å². The summed E-state index contributed by atoms with van der Waals surface area (Å²) in [6.45, 7) is 0. The van der Waals surface area contributed by atoms with E-state index in [4.69, 9.17) is 29.9 Å². The van der Waals surface area contributed by atoms with Crippen molar-refractivity contribution in [1.82, 2.24) is 34.5 Å². The lowest BCUT2D eigenvalue weighted by Crippen LogP contribution is -2.06. The number of aromatic nitrogens is 7. The number of thiophene rings is 1. The van der Waals surface area contributed by atoms with Crippen molar-refractivity contribution in [3.8, 4) is 74.0 Å². The van der Waals surface area contributed by atoms with Gasteiger partial charge in [-0.1, -0.05) is 164 Å². The third-order valence-electron chi connectivity index (χ3n) is 11.3. The number of rotatable bonds is 7. The quantitative estimate of drug-likeness (QED) is 0.159. The first-order valence-corrected chi connectivity index (χ1v) is 21.3. The molecule has 8 aromatic carbocycles. The van der Waals surface area contributed by atoms with Crippen LogP contribution in [0.5, 0.6) is 0 Å². The Labute approximate surface area is 360 Å². The van der Waals surface area contributed by atoms with E-state index in [2.05, 4.69) is 108 Å². The van der Waals surface area contributed by atoms with E-state index in [-0.39, 0.29) is 0 Å². The monoisotopic (exact) mass is 811 g/mol. The van der Waals surface area contributed by atoms with Gasteiger partial charge in [-0.3, -0.25) is 4.57 Å². The van der Waals surface area contributed by atoms with Gasteiger partial charge in [-0.15, -0.1) is 11.3 Å². The average molecular weight is 812 g/mol. The first-order chi connectivity index (χ1) is 30.7. The Morgan fingerprint density at radius 2 is 0.726 bits per heavy atom. The molecule has 0 N–H and O–H groups in total. The first kappa shape index (κ1) is 35.7. The fraction of sp³-hybridized carbons (Fsp3) is 0. The number of hydrogen-bond acceptors (Lipinski definition) is 7. The molecular weight excluding hydrogens is 779 g/mol. The van der Waals surface area contributed by atoms with E-state index in [1.165, 1.54) is 4.70 Å². The number of para-hydroxylation sites is 1. The molecule has 0 aliphatic rings. The second kappa shape index (κ2) is 14.8. The topological polar surface area (TPSA) is 82.3 Å². The maximum absolute atomic E-state index is 5.29. The minimum absolute atomic E-state index is 0.562. The van der Waals surface area contributed by atoms with Crippen LogP contribution >= 0.6 is 11.3 Å². The van der Waals surface area contributed by atoms with Crippen LogP contribution in [0.3, 0.4) is 0 Å². The molecule has 8 heteroatoms. The standard InChI is InChI=1S/C54H33N7S/c1-5-15-34(16-6-1)38-25-28-42-41-23-13-14-24-45(41)61(46(42)32-38)54-59-51(37-21-11-4-12-22-37)58-53(60-54)39-27-30-47-44(31-39)43-29-26-40(33-48(43)62-47)52-56-49(35-17-7-2-8-18-35)55-50(57-52)36-19-9-3-10-20-36/h1-33H. The number of nitrogens with zero attached hydrogens (tertiary/aromatic N) is 7. The lowest BCUT2D eigenvalue weighted by molar-refractivity contribution is 0.954. The van der Waals surface area contributed by atoms with Gasteiger partial charge in [0.1, 0.15) is 0 Å². The van der Waals surface area contributed by atoms with E-state index >= 15 is 0 Å². The summed E-state index contributed by atoms with van der Waals surface area (Å²) >= 11 is 1.75. The lowest BCUT2D eigenvalue weighted by Gasteiger charge is -2.11. The third-order valence-corrected chi connectivity index (χ3v) is 12.5. The molecule has 0 radical (unpaired) electrons. The molecule has 0 atom stereocenters. The average Bonchev–Trinajstić information content (AvgIpc) is 3.89. The van der Waals surface area contributed by atoms with Crippen LogP contribution in [0.4, 0.5) is 0 Å². The molecule has 0 unspecified atom stereocenters. The van der Waals surface area contributed by atoms with Gasteiger partial charge in [0.15, 0.2) is 29.1 Å². The molecule has 0 saturated carbocycles. The molecular formula is C54H33N7S. The predicted molar refractivity (Wildman–Crippen MR) is 253 cm³/mol. The fourth-order valence-electron chi connectivity index (χ4n) is 8.30. The van der Waals surface area contributed by atoms with Gasteiger partial charge in [0.05, 0.1) is 11.0 Å². The van der Waals surface area contributed by atoms with Crippen LogP contribution in [0.1, 0.15) is 0 Å². The number of fused-ring (bicyclic) bond motifs is 6. The molecule has 62 heavy (non-hydrogen) atoms. The van der Waals surface area contributed by atoms with Crippen molar-refractivity contribution in [3.05, 3.63) is 200 Å². The summed E-state index contributed by atoms with van der Waals surface area (Å²) in [7, 11) is 0. The van der Waals surface area contributed by atoms with E-state index in [9.17, 15) is 0 Å². The molecule has 0 aliphatic carbocycles. The van der Waals surface area contributed by atoms with Crippen molar-refractivity contribution in [2.45, 2.75) is 0 Å². The highest BCUT2D eigenvalue weighted by atomic mass is 32.1. The molecule has 0 bridgehead atoms. The largest absolute Gasteiger partial charge is 0.278 e. The van der Waals surface area contributed by atoms with E-state index in [0.717, 1.165) is 76.2 Å². The highest BCUT2D eigenvalue weighted by molar-refractivity contribution is 7.25. The number of benzene rings is 8. The van der Waals surface area contributed by atoms with Crippen molar-refractivity contribution in [2.75, 3.05) is 0 Å². The van der Waals surface area contributed by atoms with Gasteiger partial charge in [-0.2, -0.15) is 9.97 Å². The Morgan fingerprint density at radius 3 is 1.35 bits per heavy atom. The van der Waals surface area contributed by atoms with Crippen molar-refractivity contribution < 1.29 is 0 Å². The van der Waals surface area contributed by atoms with Crippen molar-refractivity contribution in [2.24, 2.45) is 0 Å². The normalized spacial score (nSPS) is 11.5. The summed E-state index contributed by atoms with van der Waals surface area (Å²) in [4.78, 5) is 30.5. The predicted octanol–water partition coefficient (Wildman–Crippen LogP) is 13.5. The zero-order valence-electron chi connectivity index (χ0n) is 33.1. The smallest absolute Gasteiger partial charge is 0.238 e. The van der Waals surface area contributed by atoms with Crippen molar-refractivity contribution >= 4 is 53.3 Å². The zero-order valence-corrected chi connectivity index (χ0v) is 33.9. The molecule has 12 rings (SSSR count). The van der Waals surface area contributed by atoms with E-state index in [1.807, 2.05) is 97.1 Å². The Balaban J connectivity index is 1.00. The minimum Gasteiger partial charge on any atom is -0.278 e. The maximum Gasteiger partial charge on any atom is 0.238 e. The molecule has 0 amide bonds. The summed E-state index contributed by atoms with van der Waals surface area (Å²) in [5.41, 5.74) is 8.98. The van der Waals surface area contributed by atoms with Crippen molar-refractivity contribution in [3.63, 3.8) is 0 Å². The Hall–Kier alpha value is -8.20. The summed E-state index contributed by atoms with van der Waals surface area (Å²) < 4.78 is 4.49. The van der Waals surface area contributed by atoms with Crippen LogP contribution in [-0.2, 0) is 0 Å². The fourth-order valence-corrected chi connectivity index (χ4v) is 9.43. The minimum atomic E-state index is 0.562. The molecule has 4 heterocycles. The van der Waals surface area contributed by atoms with E-state index < -0.39 is 0 Å². The van der Waals surface area contributed by atoms with Gasteiger partial charge in [0, 0.05) is 58.8 Å². The first-order valence-electron chi connectivity index (χ1n) is 20.4. The van der Waals surface area contributed by atoms with Crippen molar-refractivity contribution in [1.29, 1.82) is 0 Å². The molecule has 0 fully saturated rings. The maximum atomic E-state index is 5.29. The van der Waals surface area contributed by atoms with Crippen LogP contribution in [0.15, 0.2) is 200 Å². The summed E-state index contributed by atoms with van der Waals surface area (Å²) in [5, 5.41) is 4.55. The Kier molecular flexibility index (Phi) is 8.53. The van der Waals surface area contributed by atoms with Gasteiger partial charge < -0.3 is 0 Å². The van der Waals surface area contributed by atoms with Crippen LogP contribution in [0.25, 0.3) is 116 Å². The summed E-state index contributed by atoms with van der Waals surface area (Å²) in [6.07, 6.45) is 0. The highest BCUT2D eigenvalue weighted by Crippen LogP contribution is 2.39. The van der Waals surface area contributed by atoms with Gasteiger partial charge >= 0.3 is 0 Å². The van der Waals surface area contributed by atoms with Gasteiger partial charge in [0.25, 0.3) is 0 Å². The highest BCUT2D eigenvalue weighted by Gasteiger charge is 2.20. The third kappa shape index (κ3) is 6.29. The Bertz CT molecular complexity index is 3570. The molecule has 0 spiro atoms. The second-order valence-corrected chi connectivity index (χ2v) is 16.2. The number of hydrogen-bond donors (Lipinski definition) is 0. The van der Waals surface area contributed by atoms with E-state index in [0.29, 0.717) is 35.1 Å². The molecule has 7 nitrogen and oxygen atoms in total. The van der Waals surface area contributed by atoms with Gasteiger partial charge in [-0.25, -0.2) is 19.9 Å².